The monoisotopic (exact) mass is 238 g/mol. The highest BCUT2D eigenvalue weighted by Gasteiger charge is 2.10. The van der Waals surface area contributed by atoms with Gasteiger partial charge in [-0.2, -0.15) is 0 Å². The van der Waals surface area contributed by atoms with Gasteiger partial charge in [0, 0.05) is 24.5 Å². The molecule has 1 unspecified atom stereocenters. The molecule has 0 aliphatic heterocycles. The van der Waals surface area contributed by atoms with Crippen molar-refractivity contribution in [1.29, 1.82) is 0 Å². The first-order valence-corrected chi connectivity index (χ1v) is 5.14. The number of nitrogens with zero attached hydrogens (tertiary/aromatic N) is 1. The first-order valence-electron chi connectivity index (χ1n) is 5.14. The molecule has 1 heterocycles. The van der Waals surface area contributed by atoms with E-state index in [0.29, 0.717) is 5.56 Å². The molecule has 0 saturated carbocycles. The molecule has 0 bridgehead atoms. The van der Waals surface area contributed by atoms with Crippen LogP contribution < -0.4 is 5.32 Å². The molecular weight excluding hydrogens is 224 g/mol. The summed E-state index contributed by atoms with van der Waals surface area (Å²) in [5, 5.41) is 11.2. The standard InChI is InChI=1S/C11H14N2O4/c1-8(11(15)16)17-7-6-13-10(14)9-2-4-12-5-3-9/h2-5,8H,6-7H2,1H3,(H,13,14)(H,15,16). The van der Waals surface area contributed by atoms with Crippen LogP contribution in [0, 0.1) is 0 Å². The van der Waals surface area contributed by atoms with E-state index in [1.54, 1.807) is 12.1 Å². The number of hydrogen-bond acceptors (Lipinski definition) is 4. The molecule has 1 aromatic rings. The molecule has 0 saturated heterocycles. The van der Waals surface area contributed by atoms with Crippen molar-refractivity contribution in [3.05, 3.63) is 30.1 Å². The fraction of sp³-hybridized carbons (Fsp3) is 0.364. The molecule has 0 aliphatic carbocycles. The number of amides is 1. The van der Waals surface area contributed by atoms with E-state index in [0.717, 1.165) is 0 Å². The van der Waals surface area contributed by atoms with Gasteiger partial charge < -0.3 is 15.2 Å². The van der Waals surface area contributed by atoms with Gasteiger partial charge in [-0.3, -0.25) is 9.78 Å². The normalized spacial score (nSPS) is 11.8. The Morgan fingerprint density at radius 2 is 2.12 bits per heavy atom. The quantitative estimate of drug-likeness (QED) is 0.696. The van der Waals surface area contributed by atoms with Crippen molar-refractivity contribution in [3.8, 4) is 0 Å². The third-order valence-electron chi connectivity index (χ3n) is 2.05. The van der Waals surface area contributed by atoms with Crippen molar-refractivity contribution in [2.45, 2.75) is 13.0 Å². The van der Waals surface area contributed by atoms with Gasteiger partial charge in [-0.15, -0.1) is 0 Å². The lowest BCUT2D eigenvalue weighted by Crippen LogP contribution is -2.30. The molecule has 0 fully saturated rings. The van der Waals surface area contributed by atoms with Gasteiger partial charge in [-0.1, -0.05) is 0 Å². The van der Waals surface area contributed by atoms with Crippen LogP contribution in [0.1, 0.15) is 17.3 Å². The second-order valence-corrected chi connectivity index (χ2v) is 3.34. The summed E-state index contributed by atoms with van der Waals surface area (Å²) < 4.78 is 4.96. The SMILES string of the molecule is CC(OCCNC(=O)c1ccncc1)C(=O)O. The van der Waals surface area contributed by atoms with Crippen LogP contribution in [-0.2, 0) is 9.53 Å². The number of pyridine rings is 1. The van der Waals surface area contributed by atoms with Gasteiger partial charge in [0.05, 0.1) is 6.61 Å². The zero-order valence-corrected chi connectivity index (χ0v) is 9.42. The summed E-state index contributed by atoms with van der Waals surface area (Å²) >= 11 is 0. The molecule has 1 atom stereocenters. The summed E-state index contributed by atoms with van der Waals surface area (Å²) in [5.41, 5.74) is 0.506. The van der Waals surface area contributed by atoms with E-state index in [2.05, 4.69) is 10.3 Å². The van der Waals surface area contributed by atoms with Crippen molar-refractivity contribution < 1.29 is 19.4 Å². The predicted octanol–water partition coefficient (Wildman–Crippen LogP) is 0.301. The molecule has 92 valence electrons. The average molecular weight is 238 g/mol. The van der Waals surface area contributed by atoms with E-state index in [9.17, 15) is 9.59 Å². The number of ether oxygens (including phenoxy) is 1. The number of aromatic nitrogens is 1. The Labute approximate surface area is 98.6 Å². The first-order chi connectivity index (χ1) is 8.11. The predicted molar refractivity (Wildman–Crippen MR) is 59.6 cm³/mol. The van der Waals surface area contributed by atoms with Gasteiger partial charge in [0.25, 0.3) is 5.91 Å². The highest BCUT2D eigenvalue weighted by molar-refractivity contribution is 5.93. The molecule has 6 nitrogen and oxygen atoms in total. The third-order valence-corrected chi connectivity index (χ3v) is 2.05. The number of hydrogen-bond donors (Lipinski definition) is 2. The number of nitrogens with one attached hydrogen (secondary N) is 1. The maximum atomic E-state index is 11.5. The molecule has 1 rings (SSSR count). The highest BCUT2D eigenvalue weighted by Crippen LogP contribution is 1.95. The number of carboxylic acid groups (broad SMARTS) is 1. The molecule has 0 aromatic carbocycles. The van der Waals surface area contributed by atoms with Gasteiger partial charge in [-0.25, -0.2) is 4.79 Å². The van der Waals surface area contributed by atoms with Gasteiger partial charge in [-0.05, 0) is 19.1 Å². The maximum Gasteiger partial charge on any atom is 0.332 e. The zero-order valence-electron chi connectivity index (χ0n) is 9.42. The van der Waals surface area contributed by atoms with Crippen LogP contribution in [0.15, 0.2) is 24.5 Å². The molecule has 1 amide bonds. The minimum Gasteiger partial charge on any atom is -0.479 e. The van der Waals surface area contributed by atoms with E-state index >= 15 is 0 Å². The number of carboxylic acids is 1. The van der Waals surface area contributed by atoms with Gasteiger partial charge in [0.15, 0.2) is 6.10 Å². The third kappa shape index (κ3) is 4.60. The van der Waals surface area contributed by atoms with Crippen molar-refractivity contribution in [1.82, 2.24) is 10.3 Å². The molecule has 6 heteroatoms. The van der Waals surface area contributed by atoms with Crippen molar-refractivity contribution in [2.75, 3.05) is 13.2 Å². The van der Waals surface area contributed by atoms with Crippen LogP contribution >= 0.6 is 0 Å². The average Bonchev–Trinajstić information content (AvgIpc) is 2.35. The van der Waals surface area contributed by atoms with E-state index in [-0.39, 0.29) is 19.1 Å². The lowest BCUT2D eigenvalue weighted by molar-refractivity contribution is -0.148. The van der Waals surface area contributed by atoms with E-state index in [1.165, 1.54) is 19.3 Å². The fourth-order valence-electron chi connectivity index (χ4n) is 1.08. The van der Waals surface area contributed by atoms with Crippen LogP contribution in [0.25, 0.3) is 0 Å². The second-order valence-electron chi connectivity index (χ2n) is 3.34. The van der Waals surface area contributed by atoms with Crippen LogP contribution in [0.2, 0.25) is 0 Å². The van der Waals surface area contributed by atoms with Gasteiger partial charge in [0.2, 0.25) is 0 Å². The Bertz CT molecular complexity index is 380. The number of carbonyl (C=O) groups is 2. The summed E-state index contributed by atoms with van der Waals surface area (Å²) in [6.45, 7) is 1.86. The van der Waals surface area contributed by atoms with Crippen molar-refractivity contribution in [2.24, 2.45) is 0 Å². The zero-order chi connectivity index (χ0) is 12.7. The summed E-state index contributed by atoms with van der Waals surface area (Å²) in [6, 6.07) is 3.19. The van der Waals surface area contributed by atoms with Crippen LogP contribution in [0.4, 0.5) is 0 Å². The summed E-state index contributed by atoms with van der Waals surface area (Å²) in [7, 11) is 0. The highest BCUT2D eigenvalue weighted by atomic mass is 16.5. The van der Waals surface area contributed by atoms with Gasteiger partial charge in [0.1, 0.15) is 0 Å². The first kappa shape index (κ1) is 13.1. The van der Waals surface area contributed by atoms with Crippen LogP contribution in [0.5, 0.6) is 0 Å². The topological polar surface area (TPSA) is 88.5 Å². The number of aliphatic carboxylic acids is 1. The molecule has 0 spiro atoms. The molecule has 2 N–H and O–H groups in total. The minimum absolute atomic E-state index is 0.157. The van der Waals surface area contributed by atoms with E-state index in [4.69, 9.17) is 9.84 Å². The number of rotatable bonds is 6. The largest absolute Gasteiger partial charge is 0.479 e. The van der Waals surface area contributed by atoms with E-state index < -0.39 is 12.1 Å². The lowest BCUT2D eigenvalue weighted by Gasteiger charge is -2.09. The molecule has 0 radical (unpaired) electrons. The molecule has 0 aliphatic rings. The fourth-order valence-corrected chi connectivity index (χ4v) is 1.08. The Hall–Kier alpha value is -1.95. The smallest absolute Gasteiger partial charge is 0.332 e. The number of carbonyl (C=O) groups excluding carboxylic acids is 1. The Morgan fingerprint density at radius 3 is 2.71 bits per heavy atom. The van der Waals surface area contributed by atoms with E-state index in [1.807, 2.05) is 0 Å². The van der Waals surface area contributed by atoms with Crippen LogP contribution in [-0.4, -0.2) is 41.2 Å². The summed E-state index contributed by atoms with van der Waals surface area (Å²) in [4.78, 5) is 25.7. The van der Waals surface area contributed by atoms with Crippen LogP contribution in [0.3, 0.4) is 0 Å². The van der Waals surface area contributed by atoms with Crippen molar-refractivity contribution >= 4 is 11.9 Å². The molecule has 1 aromatic heterocycles. The summed E-state index contributed by atoms with van der Waals surface area (Å²) in [6.07, 6.45) is 2.18. The summed E-state index contributed by atoms with van der Waals surface area (Å²) in [5.74, 6) is -1.26. The lowest BCUT2D eigenvalue weighted by atomic mass is 10.2. The van der Waals surface area contributed by atoms with Gasteiger partial charge >= 0.3 is 5.97 Å². The minimum atomic E-state index is -1.02. The van der Waals surface area contributed by atoms with Crippen molar-refractivity contribution in [3.63, 3.8) is 0 Å². The maximum absolute atomic E-state index is 11.5. The molecular formula is C11H14N2O4. The Kier molecular flexibility index (Phi) is 5.09. The Morgan fingerprint density at radius 1 is 1.47 bits per heavy atom. The Balaban J connectivity index is 2.24. The molecule has 17 heavy (non-hydrogen) atoms. The second kappa shape index (κ2) is 6.59.